The summed E-state index contributed by atoms with van der Waals surface area (Å²) in [6.07, 6.45) is 12.7. The molecule has 308 valence electrons. The number of allylic oxidation sites excluding steroid dienone is 4. The van der Waals surface area contributed by atoms with Gasteiger partial charge in [0, 0.05) is 45.3 Å². The van der Waals surface area contributed by atoms with Gasteiger partial charge in [-0.1, -0.05) is 98.8 Å². The number of fused-ring (bicyclic) bond motifs is 1. The van der Waals surface area contributed by atoms with Crippen LogP contribution in [0.1, 0.15) is 79.6 Å². The molecule has 0 radical (unpaired) electrons. The average Bonchev–Trinajstić information content (AvgIpc) is 3.87. The first kappa shape index (κ1) is 39.9. The Morgan fingerprint density at radius 2 is 1.56 bits per heavy atom. The number of benzene rings is 3. The number of thiophene rings is 1. The van der Waals surface area contributed by atoms with Gasteiger partial charge in [0.25, 0.3) is 0 Å². The molecule has 8 atom stereocenters. The third-order valence-corrected chi connectivity index (χ3v) is 17.0. The van der Waals surface area contributed by atoms with Crippen molar-refractivity contribution in [1.29, 1.82) is 0 Å². The number of amides is 1. The number of carbonyl (C=O) groups is 2. The van der Waals surface area contributed by atoms with Gasteiger partial charge in [0.05, 0.1) is 32.3 Å². The molecule has 3 saturated carbocycles. The average molecular weight is 812 g/mol. The van der Waals surface area contributed by atoms with E-state index in [1.165, 1.54) is 4.88 Å². The van der Waals surface area contributed by atoms with Gasteiger partial charge < -0.3 is 24.6 Å². The zero-order valence-corrected chi connectivity index (χ0v) is 35.6. The largest absolute Gasteiger partial charge is 0.493 e. The molecule has 0 aliphatic heterocycles. The Labute approximate surface area is 352 Å². The van der Waals surface area contributed by atoms with E-state index in [9.17, 15) is 15.0 Å². The Kier molecular flexibility index (Phi) is 10.1. The van der Waals surface area contributed by atoms with Crippen molar-refractivity contribution in [3.63, 3.8) is 0 Å². The molecule has 2 N–H and O–H groups in total. The first-order valence-corrected chi connectivity index (χ1v) is 22.3. The molecule has 7 nitrogen and oxygen atoms in total. The number of aliphatic hydroxyl groups excluding tert-OH is 1. The van der Waals surface area contributed by atoms with Gasteiger partial charge >= 0.3 is 0 Å². The zero-order valence-electron chi connectivity index (χ0n) is 34.8. The van der Waals surface area contributed by atoms with Crippen LogP contribution in [0.3, 0.4) is 0 Å². The van der Waals surface area contributed by atoms with E-state index in [0.717, 1.165) is 54.4 Å². The summed E-state index contributed by atoms with van der Waals surface area (Å²) >= 11 is 1.68. The van der Waals surface area contributed by atoms with Gasteiger partial charge in [-0.3, -0.25) is 9.59 Å². The molecule has 6 aliphatic carbocycles. The number of rotatable bonds is 12. The van der Waals surface area contributed by atoms with Crippen molar-refractivity contribution in [2.75, 3.05) is 27.3 Å². The second-order valence-electron chi connectivity index (χ2n) is 18.6. The molecule has 3 fully saturated rings. The van der Waals surface area contributed by atoms with E-state index in [1.807, 2.05) is 71.6 Å². The fraction of sp³-hybridized carbons (Fsp3) is 0.451. The van der Waals surface area contributed by atoms with E-state index >= 15 is 4.79 Å². The van der Waals surface area contributed by atoms with Crippen LogP contribution >= 0.6 is 11.3 Å². The Morgan fingerprint density at radius 1 is 0.831 bits per heavy atom. The van der Waals surface area contributed by atoms with Crippen LogP contribution in [-0.2, 0) is 17.6 Å². The molecule has 2 bridgehead atoms. The lowest BCUT2D eigenvalue weighted by molar-refractivity contribution is -0.178. The van der Waals surface area contributed by atoms with Crippen LogP contribution in [-0.4, -0.2) is 65.8 Å². The minimum atomic E-state index is -1.18. The first-order chi connectivity index (χ1) is 28.4. The highest BCUT2D eigenvalue weighted by atomic mass is 32.1. The van der Waals surface area contributed by atoms with Gasteiger partial charge in [-0.2, -0.15) is 0 Å². The number of aliphatic hydroxyl groups is 2. The van der Waals surface area contributed by atoms with Crippen molar-refractivity contribution in [3.8, 4) is 22.6 Å². The van der Waals surface area contributed by atoms with Crippen molar-refractivity contribution >= 4 is 23.0 Å². The molecule has 4 aromatic rings. The van der Waals surface area contributed by atoms with E-state index in [0.29, 0.717) is 42.9 Å². The van der Waals surface area contributed by atoms with Gasteiger partial charge in [0.2, 0.25) is 5.91 Å². The summed E-state index contributed by atoms with van der Waals surface area (Å²) in [5.41, 5.74) is 1.31. The minimum absolute atomic E-state index is 0.0313. The lowest BCUT2D eigenvalue weighted by Crippen LogP contribution is -2.67. The molecule has 6 aliphatic rings. The van der Waals surface area contributed by atoms with E-state index < -0.39 is 27.9 Å². The van der Waals surface area contributed by atoms with Crippen molar-refractivity contribution in [3.05, 3.63) is 130 Å². The molecule has 8 heteroatoms. The van der Waals surface area contributed by atoms with E-state index in [2.05, 4.69) is 55.7 Å². The van der Waals surface area contributed by atoms with Gasteiger partial charge in [-0.25, -0.2) is 0 Å². The summed E-state index contributed by atoms with van der Waals surface area (Å²) in [7, 11) is 3.20. The standard InChI is InChI=1S/C51H57NO6S/c1-47-22-18-36(53)31-49(47)25-26-51(40(32-49)46(55)39-15-9-8-14-38(39)35-11-6-5-7-12-35)43(47)19-23-48(2)44(51)20-24-50(48,56)33-52(27-21-37-13-10-28-59-37)45(54)30-34-16-17-41(57-3)42(29-34)58-4/h5-17,25-26,28-29,32,36,43-44,53,56H,18-24,27,30-31,33H2,1-4H3/t36?,43-,44-,47-,48+,49+,50-,51-/m1/s1. The van der Waals surface area contributed by atoms with Gasteiger partial charge in [-0.15, -0.1) is 11.3 Å². The molecule has 0 saturated heterocycles. The van der Waals surface area contributed by atoms with Crippen LogP contribution in [0.4, 0.5) is 0 Å². The number of ketones is 1. The SMILES string of the molecule is COc1ccc(CC(=O)N(CCc2cccs2)C[C@]2(O)CC[C@H]3[C@]45C=C[C@@]6(C=C4C(=O)c4ccccc4-c4ccccc4)CC(O)CC[C@]6(C)[C@H]5CC[C@@]32C)cc1OC. The van der Waals surface area contributed by atoms with Crippen LogP contribution in [0.5, 0.6) is 11.5 Å². The number of nitrogens with zero attached hydrogens (tertiary/aromatic N) is 1. The molecule has 1 amide bonds. The van der Waals surface area contributed by atoms with Crippen molar-refractivity contribution < 1.29 is 29.3 Å². The topological polar surface area (TPSA) is 96.3 Å². The van der Waals surface area contributed by atoms with Crippen LogP contribution in [0.2, 0.25) is 0 Å². The number of hydrogen-bond donors (Lipinski definition) is 2. The second kappa shape index (κ2) is 14.9. The first-order valence-electron chi connectivity index (χ1n) is 21.4. The van der Waals surface area contributed by atoms with E-state index in [1.54, 1.807) is 25.6 Å². The maximum absolute atomic E-state index is 15.6. The Hall–Kier alpha value is -4.50. The number of methoxy groups -OCH3 is 2. The summed E-state index contributed by atoms with van der Waals surface area (Å²) in [6, 6.07) is 27.9. The minimum Gasteiger partial charge on any atom is -0.493 e. The number of ether oxygens (including phenoxy) is 2. The molecule has 1 unspecified atom stereocenters. The third-order valence-electron chi connectivity index (χ3n) is 16.0. The second-order valence-corrected chi connectivity index (χ2v) is 19.6. The molecule has 10 rings (SSSR count). The summed E-state index contributed by atoms with van der Waals surface area (Å²) in [6.45, 7) is 5.38. The van der Waals surface area contributed by atoms with Crippen LogP contribution in [0.25, 0.3) is 11.1 Å². The highest BCUT2D eigenvalue weighted by molar-refractivity contribution is 7.09. The van der Waals surface area contributed by atoms with Gasteiger partial charge in [-0.05, 0) is 109 Å². The molecular formula is C51H57NO6S. The normalized spacial score (nSPS) is 32.7. The van der Waals surface area contributed by atoms with Crippen LogP contribution in [0.15, 0.2) is 114 Å². The Bertz CT molecular complexity index is 2300. The number of hydrogen-bond acceptors (Lipinski definition) is 7. The maximum atomic E-state index is 15.6. The van der Waals surface area contributed by atoms with Crippen molar-refractivity contribution in [2.45, 2.75) is 83.3 Å². The third kappa shape index (κ3) is 6.18. The summed E-state index contributed by atoms with van der Waals surface area (Å²) < 4.78 is 11.0. The fourth-order valence-corrected chi connectivity index (χ4v) is 13.6. The van der Waals surface area contributed by atoms with Crippen molar-refractivity contribution in [1.82, 2.24) is 4.90 Å². The molecule has 3 aromatic carbocycles. The smallest absolute Gasteiger partial charge is 0.227 e. The number of carbonyl (C=O) groups excluding carboxylic acids is 2. The summed E-state index contributed by atoms with van der Waals surface area (Å²) in [5.74, 6) is 1.33. The van der Waals surface area contributed by atoms with Gasteiger partial charge in [0.1, 0.15) is 0 Å². The van der Waals surface area contributed by atoms with Gasteiger partial charge in [0.15, 0.2) is 17.3 Å². The Balaban J connectivity index is 1.10. The zero-order chi connectivity index (χ0) is 41.2. The molecule has 1 heterocycles. The van der Waals surface area contributed by atoms with Crippen LogP contribution in [0, 0.1) is 33.5 Å². The van der Waals surface area contributed by atoms with E-state index in [-0.39, 0.29) is 41.9 Å². The highest BCUT2D eigenvalue weighted by Gasteiger charge is 2.74. The maximum Gasteiger partial charge on any atom is 0.227 e. The molecule has 59 heavy (non-hydrogen) atoms. The monoisotopic (exact) mass is 811 g/mol. The molecule has 1 aromatic heterocycles. The summed E-state index contributed by atoms with van der Waals surface area (Å²) in [5, 5.41) is 26.6. The predicted octanol–water partition coefficient (Wildman–Crippen LogP) is 9.52. The fourth-order valence-electron chi connectivity index (χ4n) is 12.9. The van der Waals surface area contributed by atoms with Crippen LogP contribution < -0.4 is 9.47 Å². The summed E-state index contributed by atoms with van der Waals surface area (Å²) in [4.78, 5) is 33.2. The predicted molar refractivity (Wildman–Crippen MR) is 233 cm³/mol. The lowest BCUT2D eigenvalue weighted by atomic mass is 9.32. The molecular weight excluding hydrogens is 755 g/mol. The number of Topliss-reactive ketones (excluding diaryl/α,β-unsaturated/α-hetero) is 1. The quantitative estimate of drug-likeness (QED) is 0.109. The lowest BCUT2D eigenvalue weighted by Gasteiger charge is -2.71. The Morgan fingerprint density at radius 3 is 2.32 bits per heavy atom. The van der Waals surface area contributed by atoms with E-state index in [4.69, 9.17) is 9.47 Å². The van der Waals surface area contributed by atoms with Crippen molar-refractivity contribution in [2.24, 2.45) is 33.5 Å². The molecule has 2 spiro atoms. The highest BCUT2D eigenvalue weighted by Crippen LogP contribution is 2.78.